The Hall–Kier alpha value is -2.05. The zero-order valence-electron chi connectivity index (χ0n) is 13.9. The second-order valence-corrected chi connectivity index (χ2v) is 6.80. The number of carbonyl (C=O) groups excluding carboxylic acids is 2. The van der Waals surface area contributed by atoms with E-state index in [1.54, 1.807) is 20.9 Å². The molecule has 1 atom stereocenters. The van der Waals surface area contributed by atoms with Crippen LogP contribution >= 0.6 is 0 Å². The molecule has 1 N–H and O–H groups in total. The fourth-order valence-electron chi connectivity index (χ4n) is 2.89. The van der Waals surface area contributed by atoms with E-state index in [0.29, 0.717) is 24.8 Å². The van der Waals surface area contributed by atoms with Gasteiger partial charge in [-0.2, -0.15) is 13.2 Å². The van der Waals surface area contributed by atoms with Crippen molar-refractivity contribution in [1.29, 1.82) is 0 Å². The van der Waals surface area contributed by atoms with Crippen LogP contribution in [0.5, 0.6) is 0 Å². The fourth-order valence-corrected chi connectivity index (χ4v) is 2.89. The van der Waals surface area contributed by atoms with Gasteiger partial charge in [-0.15, -0.1) is 0 Å². The minimum absolute atomic E-state index is 0.0595. The maximum absolute atomic E-state index is 12.6. The average molecular weight is 342 g/mol. The summed E-state index contributed by atoms with van der Waals surface area (Å²) in [6.07, 6.45) is -3.13. The fraction of sp³-hybridized carbons (Fsp3) is 0.529. The highest BCUT2D eigenvalue weighted by Crippen LogP contribution is 2.29. The summed E-state index contributed by atoms with van der Waals surface area (Å²) < 4.78 is 37.7. The molecule has 0 radical (unpaired) electrons. The average Bonchev–Trinajstić information content (AvgIpc) is 2.77. The van der Waals surface area contributed by atoms with E-state index in [9.17, 15) is 22.8 Å². The SMILES string of the molecule is CN1C(=O)CC[C@H]1C(=O)NC(C)(C)Cc1ccc(C(F)(F)F)cc1. The Morgan fingerprint density at radius 2 is 1.83 bits per heavy atom. The smallest absolute Gasteiger partial charge is 0.349 e. The number of nitrogens with zero attached hydrogens (tertiary/aromatic N) is 1. The van der Waals surface area contributed by atoms with Gasteiger partial charge >= 0.3 is 6.18 Å². The van der Waals surface area contributed by atoms with Crippen LogP contribution in [0.15, 0.2) is 24.3 Å². The van der Waals surface area contributed by atoms with Gasteiger partial charge in [-0.3, -0.25) is 9.59 Å². The van der Waals surface area contributed by atoms with Crippen LogP contribution in [0.1, 0.15) is 37.8 Å². The second kappa shape index (κ2) is 6.45. The van der Waals surface area contributed by atoms with Crippen molar-refractivity contribution in [2.75, 3.05) is 7.05 Å². The lowest BCUT2D eigenvalue weighted by Crippen LogP contribution is -2.52. The summed E-state index contributed by atoms with van der Waals surface area (Å²) in [5, 5.41) is 2.89. The summed E-state index contributed by atoms with van der Waals surface area (Å²) in [4.78, 5) is 25.3. The van der Waals surface area contributed by atoms with Crippen molar-refractivity contribution in [2.45, 2.75) is 50.9 Å². The van der Waals surface area contributed by atoms with Gasteiger partial charge in [0.25, 0.3) is 0 Å². The molecule has 1 aromatic rings. The molecule has 0 unspecified atom stereocenters. The predicted molar refractivity (Wildman–Crippen MR) is 83.2 cm³/mol. The summed E-state index contributed by atoms with van der Waals surface area (Å²) in [6, 6.07) is 4.43. The lowest BCUT2D eigenvalue weighted by Gasteiger charge is -2.30. The number of hydrogen-bond donors (Lipinski definition) is 1. The maximum atomic E-state index is 12.6. The number of carbonyl (C=O) groups is 2. The van der Waals surface area contributed by atoms with Gasteiger partial charge in [-0.05, 0) is 44.4 Å². The van der Waals surface area contributed by atoms with Crippen LogP contribution in [-0.4, -0.2) is 35.3 Å². The summed E-state index contributed by atoms with van der Waals surface area (Å²) >= 11 is 0. The minimum Gasteiger partial charge on any atom is -0.349 e. The number of alkyl halides is 3. The third-order valence-electron chi connectivity index (χ3n) is 4.18. The molecule has 1 aliphatic heterocycles. The standard InChI is InChI=1S/C17H21F3N2O2/c1-16(2,21-15(24)13-8-9-14(23)22(13)3)10-11-4-6-12(7-5-11)17(18,19)20/h4-7,13H,8-10H2,1-3H3,(H,21,24)/t13-/m0/s1. The van der Waals surface area contributed by atoms with E-state index in [4.69, 9.17) is 0 Å². The van der Waals surface area contributed by atoms with Crippen LogP contribution in [-0.2, 0) is 22.2 Å². The Kier molecular flexibility index (Phi) is 4.92. The Morgan fingerprint density at radius 1 is 1.25 bits per heavy atom. The predicted octanol–water partition coefficient (Wildman–Crippen LogP) is 2.76. The third-order valence-corrected chi connectivity index (χ3v) is 4.18. The van der Waals surface area contributed by atoms with Gasteiger partial charge in [-0.25, -0.2) is 0 Å². The molecule has 2 amide bonds. The van der Waals surface area contributed by atoms with Gasteiger partial charge < -0.3 is 10.2 Å². The van der Waals surface area contributed by atoms with Gasteiger partial charge in [0.15, 0.2) is 0 Å². The van der Waals surface area contributed by atoms with Crippen molar-refractivity contribution in [1.82, 2.24) is 10.2 Å². The molecule has 1 heterocycles. The van der Waals surface area contributed by atoms with Gasteiger partial charge in [0.1, 0.15) is 6.04 Å². The molecular formula is C17H21F3N2O2. The molecule has 1 fully saturated rings. The van der Waals surface area contributed by atoms with E-state index in [0.717, 1.165) is 12.1 Å². The summed E-state index contributed by atoms with van der Waals surface area (Å²) in [6.45, 7) is 3.61. The van der Waals surface area contributed by atoms with Crippen LogP contribution in [0.3, 0.4) is 0 Å². The first-order valence-electron chi connectivity index (χ1n) is 7.73. The van der Waals surface area contributed by atoms with Crippen LogP contribution in [0.25, 0.3) is 0 Å². The number of benzene rings is 1. The zero-order valence-corrected chi connectivity index (χ0v) is 13.9. The molecule has 1 aromatic carbocycles. The molecule has 24 heavy (non-hydrogen) atoms. The maximum Gasteiger partial charge on any atom is 0.416 e. The molecular weight excluding hydrogens is 321 g/mol. The van der Waals surface area contributed by atoms with Gasteiger partial charge in [0, 0.05) is 19.0 Å². The summed E-state index contributed by atoms with van der Waals surface area (Å²) in [7, 11) is 1.60. The van der Waals surface area contributed by atoms with Crippen LogP contribution < -0.4 is 5.32 Å². The number of likely N-dealkylation sites (N-methyl/N-ethyl adjacent to an activating group) is 1. The Bertz CT molecular complexity index is 624. The second-order valence-electron chi connectivity index (χ2n) is 6.80. The zero-order chi connectivity index (χ0) is 18.1. The highest BCUT2D eigenvalue weighted by atomic mass is 19.4. The molecule has 132 valence electrons. The molecule has 4 nitrogen and oxygen atoms in total. The normalized spacial score (nSPS) is 18.8. The molecule has 2 rings (SSSR count). The molecule has 0 aromatic heterocycles. The lowest BCUT2D eigenvalue weighted by atomic mass is 9.93. The van der Waals surface area contributed by atoms with E-state index in [2.05, 4.69) is 5.32 Å². The summed E-state index contributed by atoms with van der Waals surface area (Å²) in [5.74, 6) is -0.295. The number of rotatable bonds is 4. The molecule has 7 heteroatoms. The molecule has 0 bridgehead atoms. The molecule has 0 aliphatic carbocycles. The third kappa shape index (κ3) is 4.27. The van der Waals surface area contributed by atoms with Crippen LogP contribution in [0.2, 0.25) is 0 Å². The number of hydrogen-bond acceptors (Lipinski definition) is 2. The van der Waals surface area contributed by atoms with E-state index < -0.39 is 23.3 Å². The van der Waals surface area contributed by atoms with Crippen LogP contribution in [0.4, 0.5) is 13.2 Å². The topological polar surface area (TPSA) is 49.4 Å². The largest absolute Gasteiger partial charge is 0.416 e. The molecule has 1 saturated heterocycles. The first-order chi connectivity index (χ1) is 11.0. The first-order valence-corrected chi connectivity index (χ1v) is 7.73. The van der Waals surface area contributed by atoms with Crippen molar-refractivity contribution in [3.05, 3.63) is 35.4 Å². The Labute approximate surface area is 139 Å². The monoisotopic (exact) mass is 342 g/mol. The van der Waals surface area contributed by atoms with E-state index in [1.807, 2.05) is 0 Å². The van der Waals surface area contributed by atoms with Crippen molar-refractivity contribution in [2.24, 2.45) is 0 Å². The van der Waals surface area contributed by atoms with Crippen LogP contribution in [0, 0.1) is 0 Å². The lowest BCUT2D eigenvalue weighted by molar-refractivity contribution is -0.137. The highest BCUT2D eigenvalue weighted by Gasteiger charge is 2.35. The van der Waals surface area contributed by atoms with E-state index in [1.165, 1.54) is 17.0 Å². The number of likely N-dealkylation sites (tertiary alicyclic amines) is 1. The quantitative estimate of drug-likeness (QED) is 0.915. The molecule has 0 saturated carbocycles. The summed E-state index contributed by atoms with van der Waals surface area (Å²) in [5.41, 5.74) is -0.633. The van der Waals surface area contributed by atoms with Crippen molar-refractivity contribution < 1.29 is 22.8 Å². The van der Waals surface area contributed by atoms with Gasteiger partial charge in [-0.1, -0.05) is 12.1 Å². The molecule has 1 aliphatic rings. The molecule has 0 spiro atoms. The van der Waals surface area contributed by atoms with E-state index >= 15 is 0 Å². The van der Waals surface area contributed by atoms with Gasteiger partial charge in [0.05, 0.1) is 5.56 Å². The van der Waals surface area contributed by atoms with E-state index in [-0.39, 0.29) is 11.8 Å². The number of amides is 2. The Balaban J connectivity index is 2.00. The number of halogens is 3. The Morgan fingerprint density at radius 3 is 2.29 bits per heavy atom. The number of nitrogens with one attached hydrogen (secondary N) is 1. The van der Waals surface area contributed by atoms with Crippen molar-refractivity contribution >= 4 is 11.8 Å². The van der Waals surface area contributed by atoms with Crippen molar-refractivity contribution in [3.63, 3.8) is 0 Å². The van der Waals surface area contributed by atoms with Gasteiger partial charge in [0.2, 0.25) is 11.8 Å². The highest BCUT2D eigenvalue weighted by molar-refractivity contribution is 5.91. The van der Waals surface area contributed by atoms with Crippen molar-refractivity contribution in [3.8, 4) is 0 Å². The first kappa shape index (κ1) is 18.3. The minimum atomic E-state index is -4.36.